The van der Waals surface area contributed by atoms with E-state index in [0.717, 1.165) is 37.8 Å². The van der Waals surface area contributed by atoms with Crippen molar-refractivity contribution in [1.29, 1.82) is 0 Å². The number of hydrogen-bond donors (Lipinski definition) is 2. The number of benzene rings is 1. The van der Waals surface area contributed by atoms with E-state index >= 15 is 0 Å². The van der Waals surface area contributed by atoms with Gasteiger partial charge in [0.25, 0.3) is 0 Å². The number of alkyl halides is 3. The van der Waals surface area contributed by atoms with Crippen LogP contribution in [-0.2, 0) is 22.2 Å². The number of rotatable bonds is 6. The van der Waals surface area contributed by atoms with Crippen molar-refractivity contribution in [3.05, 3.63) is 35.4 Å². The predicted molar refractivity (Wildman–Crippen MR) is 87.8 cm³/mol. The molecule has 2 N–H and O–H groups in total. The fraction of sp³-hybridized carbons (Fsp3) is 0.556. The van der Waals surface area contributed by atoms with E-state index in [9.17, 15) is 22.8 Å². The van der Waals surface area contributed by atoms with Crippen LogP contribution in [0.25, 0.3) is 0 Å². The molecule has 0 spiro atoms. The molecule has 0 unspecified atom stereocenters. The second-order valence-electron chi connectivity index (χ2n) is 6.38. The number of carbonyl (C=O) groups excluding carboxylic acids is 2. The third kappa shape index (κ3) is 6.76. The number of carbonyl (C=O) groups is 2. The molecule has 1 saturated carbocycles. The van der Waals surface area contributed by atoms with Crippen LogP contribution in [0.3, 0.4) is 0 Å². The second kappa shape index (κ2) is 8.87. The van der Waals surface area contributed by atoms with Crippen LogP contribution < -0.4 is 10.6 Å². The van der Waals surface area contributed by atoms with Crippen molar-refractivity contribution in [2.75, 3.05) is 6.54 Å². The van der Waals surface area contributed by atoms with Crippen LogP contribution >= 0.6 is 0 Å². The van der Waals surface area contributed by atoms with Crippen LogP contribution in [0.2, 0.25) is 0 Å². The van der Waals surface area contributed by atoms with E-state index in [1.807, 2.05) is 0 Å². The molecule has 0 radical (unpaired) electrons. The summed E-state index contributed by atoms with van der Waals surface area (Å²) in [7, 11) is 0. The molecule has 2 rings (SSSR count). The van der Waals surface area contributed by atoms with Crippen molar-refractivity contribution in [2.24, 2.45) is 0 Å². The van der Waals surface area contributed by atoms with Gasteiger partial charge in [0, 0.05) is 12.6 Å². The number of nitrogens with one attached hydrogen (secondary N) is 2. The second-order valence-corrected chi connectivity index (χ2v) is 6.38. The molecule has 0 bridgehead atoms. The van der Waals surface area contributed by atoms with Gasteiger partial charge >= 0.3 is 6.18 Å². The molecule has 138 valence electrons. The van der Waals surface area contributed by atoms with Gasteiger partial charge in [-0.15, -0.1) is 0 Å². The minimum absolute atomic E-state index is 0.152. The molecule has 1 aromatic carbocycles. The van der Waals surface area contributed by atoms with Crippen molar-refractivity contribution in [2.45, 2.75) is 57.2 Å². The first kappa shape index (κ1) is 19.3. The maximum Gasteiger partial charge on any atom is 0.416 e. The molecule has 0 saturated heterocycles. The lowest BCUT2D eigenvalue weighted by Crippen LogP contribution is -2.39. The number of amides is 2. The highest BCUT2D eigenvalue weighted by Gasteiger charge is 2.30. The van der Waals surface area contributed by atoms with Crippen molar-refractivity contribution in [3.8, 4) is 0 Å². The Labute approximate surface area is 145 Å². The Bertz CT molecular complexity index is 596. The maximum absolute atomic E-state index is 12.6. The van der Waals surface area contributed by atoms with Crippen molar-refractivity contribution >= 4 is 11.8 Å². The van der Waals surface area contributed by atoms with E-state index < -0.39 is 17.6 Å². The highest BCUT2D eigenvalue weighted by Crippen LogP contribution is 2.29. The average Bonchev–Trinajstić information content (AvgIpc) is 2.55. The summed E-state index contributed by atoms with van der Waals surface area (Å²) in [5.74, 6) is -0.719. The lowest BCUT2D eigenvalue weighted by molar-refractivity contribution is -0.137. The first-order valence-corrected chi connectivity index (χ1v) is 8.57. The third-order valence-electron chi connectivity index (χ3n) is 4.28. The van der Waals surface area contributed by atoms with E-state index in [0.29, 0.717) is 5.56 Å². The molecule has 1 aliphatic carbocycles. The van der Waals surface area contributed by atoms with Crippen LogP contribution in [0.4, 0.5) is 13.2 Å². The SMILES string of the molecule is O=C(CC(=O)NC1CCCCC1)NCCc1cccc(C(F)(F)F)c1. The van der Waals surface area contributed by atoms with Gasteiger partial charge in [-0.3, -0.25) is 9.59 Å². The van der Waals surface area contributed by atoms with E-state index in [4.69, 9.17) is 0 Å². The van der Waals surface area contributed by atoms with E-state index in [1.54, 1.807) is 6.07 Å². The molecule has 1 fully saturated rings. The summed E-state index contributed by atoms with van der Waals surface area (Å²) in [6, 6.07) is 5.16. The molecule has 0 heterocycles. The Morgan fingerprint density at radius 1 is 1.08 bits per heavy atom. The molecule has 1 aliphatic rings. The highest BCUT2D eigenvalue weighted by atomic mass is 19.4. The molecule has 0 atom stereocenters. The monoisotopic (exact) mass is 356 g/mol. The van der Waals surface area contributed by atoms with Crippen molar-refractivity contribution < 1.29 is 22.8 Å². The summed E-state index contributed by atoms with van der Waals surface area (Å²) in [4.78, 5) is 23.6. The molecule has 7 heteroatoms. The van der Waals surface area contributed by atoms with E-state index in [-0.39, 0.29) is 31.3 Å². The van der Waals surface area contributed by atoms with Crippen LogP contribution in [0.15, 0.2) is 24.3 Å². The molecule has 4 nitrogen and oxygen atoms in total. The number of hydrogen-bond acceptors (Lipinski definition) is 2. The Morgan fingerprint density at radius 3 is 2.48 bits per heavy atom. The first-order valence-electron chi connectivity index (χ1n) is 8.57. The van der Waals surface area contributed by atoms with Gasteiger partial charge in [-0.05, 0) is 30.9 Å². The lowest BCUT2D eigenvalue weighted by Gasteiger charge is -2.22. The molecule has 0 aromatic heterocycles. The minimum Gasteiger partial charge on any atom is -0.355 e. The Hall–Kier alpha value is -2.05. The van der Waals surface area contributed by atoms with Gasteiger partial charge < -0.3 is 10.6 Å². The summed E-state index contributed by atoms with van der Waals surface area (Å²) in [5.41, 5.74) is -0.218. The summed E-state index contributed by atoms with van der Waals surface area (Å²) in [5, 5.41) is 5.43. The standard InChI is InChI=1S/C18H23F3N2O2/c19-18(20,21)14-6-4-5-13(11-14)9-10-22-16(24)12-17(25)23-15-7-2-1-3-8-15/h4-6,11,15H,1-3,7-10,12H2,(H,22,24)(H,23,25). The smallest absolute Gasteiger partial charge is 0.355 e. The molecule has 0 aliphatic heterocycles. The fourth-order valence-electron chi connectivity index (χ4n) is 2.98. The van der Waals surface area contributed by atoms with Crippen LogP contribution in [0, 0.1) is 0 Å². The maximum atomic E-state index is 12.6. The van der Waals surface area contributed by atoms with Gasteiger partial charge in [0.05, 0.1) is 5.56 Å². The summed E-state index contributed by atoms with van der Waals surface area (Å²) in [6.45, 7) is 0.191. The molecule has 1 aromatic rings. The lowest BCUT2D eigenvalue weighted by atomic mass is 9.95. The number of halogens is 3. The largest absolute Gasteiger partial charge is 0.416 e. The van der Waals surface area contributed by atoms with Crippen molar-refractivity contribution in [3.63, 3.8) is 0 Å². The normalized spacial score (nSPS) is 15.6. The predicted octanol–water partition coefficient (Wildman–Crippen LogP) is 3.20. The van der Waals surface area contributed by atoms with Gasteiger partial charge in [-0.25, -0.2) is 0 Å². The zero-order chi connectivity index (χ0) is 18.3. The average molecular weight is 356 g/mol. The summed E-state index contributed by atoms with van der Waals surface area (Å²) < 4.78 is 37.9. The van der Waals surface area contributed by atoms with Crippen LogP contribution in [0.1, 0.15) is 49.7 Å². The Balaban J connectivity index is 1.70. The van der Waals surface area contributed by atoms with E-state index in [1.165, 1.54) is 12.5 Å². The van der Waals surface area contributed by atoms with Crippen LogP contribution in [-0.4, -0.2) is 24.4 Å². The summed E-state index contributed by atoms with van der Waals surface area (Å²) in [6.07, 6.45) is 0.909. The van der Waals surface area contributed by atoms with Crippen LogP contribution in [0.5, 0.6) is 0 Å². The third-order valence-corrected chi connectivity index (χ3v) is 4.28. The molecule has 25 heavy (non-hydrogen) atoms. The molecular formula is C18H23F3N2O2. The topological polar surface area (TPSA) is 58.2 Å². The fourth-order valence-corrected chi connectivity index (χ4v) is 2.98. The highest BCUT2D eigenvalue weighted by molar-refractivity contribution is 5.96. The van der Waals surface area contributed by atoms with Gasteiger partial charge in [0.2, 0.25) is 11.8 Å². The Kier molecular flexibility index (Phi) is 6.84. The van der Waals surface area contributed by atoms with Gasteiger partial charge in [-0.1, -0.05) is 37.5 Å². The zero-order valence-corrected chi connectivity index (χ0v) is 14.0. The van der Waals surface area contributed by atoms with Gasteiger partial charge in [0.1, 0.15) is 6.42 Å². The first-order chi connectivity index (χ1) is 11.8. The Morgan fingerprint density at radius 2 is 1.80 bits per heavy atom. The minimum atomic E-state index is -4.38. The van der Waals surface area contributed by atoms with Gasteiger partial charge in [0.15, 0.2) is 0 Å². The quantitative estimate of drug-likeness (QED) is 0.769. The molecule has 2 amide bonds. The molecular weight excluding hydrogens is 333 g/mol. The zero-order valence-electron chi connectivity index (χ0n) is 14.0. The summed E-state index contributed by atoms with van der Waals surface area (Å²) >= 11 is 0. The van der Waals surface area contributed by atoms with Crippen molar-refractivity contribution in [1.82, 2.24) is 10.6 Å². The van der Waals surface area contributed by atoms with Gasteiger partial charge in [-0.2, -0.15) is 13.2 Å². The van der Waals surface area contributed by atoms with E-state index in [2.05, 4.69) is 10.6 Å².